The zero-order chi connectivity index (χ0) is 36.5. The summed E-state index contributed by atoms with van der Waals surface area (Å²) in [5.41, 5.74) is 1.54. The van der Waals surface area contributed by atoms with Crippen molar-refractivity contribution in [3.05, 3.63) is 53.6 Å². The Bertz CT molecular complexity index is 2110. The molecule has 0 aliphatic carbocycles. The van der Waals surface area contributed by atoms with Gasteiger partial charge in [-0.25, -0.2) is 0 Å². The number of anilines is 7. The molecule has 0 saturated carbocycles. The second-order valence-electron chi connectivity index (χ2n) is 9.88. The van der Waals surface area contributed by atoms with Crippen molar-refractivity contribution >= 4 is 83.6 Å². The van der Waals surface area contributed by atoms with Crippen molar-refractivity contribution < 1.29 is 43.6 Å². The van der Waals surface area contributed by atoms with Gasteiger partial charge in [0.25, 0.3) is 30.4 Å². The molecule has 4 aromatic rings. The Morgan fingerprint density at radius 1 is 0.660 bits per heavy atom. The number of nitrogens with zero attached hydrogens (tertiary/aromatic N) is 6. The summed E-state index contributed by atoms with van der Waals surface area (Å²) in [6.45, 7) is -0.504. The molecular formula is C26H31N11O10S3. The van der Waals surface area contributed by atoms with E-state index < -0.39 is 41.9 Å². The fourth-order valence-electron chi connectivity index (χ4n) is 3.88. The lowest BCUT2D eigenvalue weighted by Gasteiger charge is -2.11. The van der Waals surface area contributed by atoms with E-state index in [0.29, 0.717) is 11.3 Å². The van der Waals surface area contributed by atoms with E-state index in [1.165, 1.54) is 25.3 Å². The molecule has 0 amide bonds. The maximum Gasteiger partial charge on any atom is 0.322 e. The van der Waals surface area contributed by atoms with Gasteiger partial charge in [-0.1, -0.05) is 30.4 Å². The van der Waals surface area contributed by atoms with Crippen molar-refractivity contribution in [2.24, 2.45) is 0 Å². The van der Waals surface area contributed by atoms with E-state index in [4.69, 9.17) is 13.8 Å². The monoisotopic (exact) mass is 753 g/mol. The van der Waals surface area contributed by atoms with Crippen molar-refractivity contribution in [3.63, 3.8) is 0 Å². The van der Waals surface area contributed by atoms with Gasteiger partial charge in [-0.15, -0.1) is 0 Å². The van der Waals surface area contributed by atoms with E-state index >= 15 is 0 Å². The summed E-state index contributed by atoms with van der Waals surface area (Å²) in [5, 5.41) is 13.8. The van der Waals surface area contributed by atoms with Crippen LogP contribution in [0.4, 0.5) is 41.1 Å². The van der Waals surface area contributed by atoms with Gasteiger partial charge in [0.05, 0.1) is 18.6 Å². The molecular weight excluding hydrogens is 723 g/mol. The zero-order valence-electron chi connectivity index (χ0n) is 26.1. The molecule has 2 heterocycles. The highest BCUT2D eigenvalue weighted by Gasteiger charge is 2.16. The van der Waals surface area contributed by atoms with Crippen LogP contribution in [0.25, 0.3) is 12.2 Å². The first-order valence-corrected chi connectivity index (χ1v) is 18.7. The van der Waals surface area contributed by atoms with Gasteiger partial charge in [0.1, 0.15) is 4.90 Å². The van der Waals surface area contributed by atoms with Crippen LogP contribution in [-0.2, 0) is 30.4 Å². The summed E-state index contributed by atoms with van der Waals surface area (Å²) in [7, 11) is -10.2. The highest BCUT2D eigenvalue weighted by molar-refractivity contribution is 7.86. The minimum Gasteiger partial charge on any atom is -0.467 e. The van der Waals surface area contributed by atoms with Crippen LogP contribution in [0.15, 0.2) is 47.4 Å². The first-order valence-electron chi connectivity index (χ1n) is 14.1. The number of hydrogen-bond acceptors (Lipinski definition) is 18. The minimum atomic E-state index is -4.66. The SMILES string of the molecule is CNc1nc(Nc2ccc(C=Cc3ccc(Nc4nc(NCCS(=O)(=O)O)nc(NCCS(=O)(=O)O)n4)cc3)c(S(=O)(=O)O)c2)nc(OC)n1. The summed E-state index contributed by atoms with van der Waals surface area (Å²) >= 11 is 0. The van der Waals surface area contributed by atoms with Crippen LogP contribution in [0.5, 0.6) is 6.01 Å². The average molecular weight is 754 g/mol. The zero-order valence-corrected chi connectivity index (χ0v) is 28.6. The number of rotatable bonds is 17. The third-order valence-electron chi connectivity index (χ3n) is 6.11. The molecule has 268 valence electrons. The van der Waals surface area contributed by atoms with Crippen molar-refractivity contribution in [3.8, 4) is 6.01 Å². The van der Waals surface area contributed by atoms with Crippen LogP contribution in [-0.4, -0.2) is 108 Å². The Balaban J connectivity index is 1.51. The summed E-state index contributed by atoms with van der Waals surface area (Å²) in [6.07, 6.45) is 3.09. The predicted molar refractivity (Wildman–Crippen MR) is 184 cm³/mol. The highest BCUT2D eigenvalue weighted by Crippen LogP contribution is 2.26. The predicted octanol–water partition coefficient (Wildman–Crippen LogP) is 1.61. The lowest BCUT2D eigenvalue weighted by molar-refractivity contribution is 0.379. The molecule has 0 aliphatic heterocycles. The van der Waals surface area contributed by atoms with Crippen molar-refractivity contribution in [1.29, 1.82) is 0 Å². The molecule has 0 aliphatic rings. The molecule has 2 aromatic carbocycles. The number of nitrogens with one attached hydrogen (secondary N) is 5. The maximum atomic E-state index is 12.3. The second-order valence-corrected chi connectivity index (χ2v) is 14.4. The Labute approximate surface area is 286 Å². The van der Waals surface area contributed by atoms with E-state index in [1.54, 1.807) is 43.5 Å². The second kappa shape index (κ2) is 16.0. The van der Waals surface area contributed by atoms with Crippen LogP contribution >= 0.6 is 0 Å². The van der Waals surface area contributed by atoms with Crippen molar-refractivity contribution in [1.82, 2.24) is 29.9 Å². The molecule has 21 nitrogen and oxygen atoms in total. The van der Waals surface area contributed by atoms with Gasteiger partial charge in [-0.3, -0.25) is 13.7 Å². The topological polar surface area (TPSA) is 310 Å². The Morgan fingerprint density at radius 3 is 1.70 bits per heavy atom. The van der Waals surface area contributed by atoms with Gasteiger partial charge in [0.2, 0.25) is 29.7 Å². The summed E-state index contributed by atoms with van der Waals surface area (Å²) in [5.74, 6) is -1.25. The number of methoxy groups -OCH3 is 1. The quantitative estimate of drug-likeness (QED) is 0.0561. The molecule has 0 bridgehead atoms. The standard InChI is InChI=1S/C26H31N11O10S3/c1-27-21-32-25(37-26(36-21)47-2)31-19-10-7-17(20(15-19)50(44,45)46)6-3-16-4-8-18(9-5-16)30-24-34-22(28-11-13-48(38,39)40)33-23(35-24)29-12-14-49(41,42)43/h3-10,15H,11-14H2,1-2H3,(H,38,39,40)(H,41,42,43)(H,44,45,46)(H2,27,31,32,36,37)(H3,28,29,30,33,34,35). The van der Waals surface area contributed by atoms with Gasteiger partial charge in [-0.05, 0) is 35.4 Å². The van der Waals surface area contributed by atoms with Gasteiger partial charge in [-0.2, -0.15) is 55.2 Å². The summed E-state index contributed by atoms with van der Waals surface area (Å²) in [6, 6.07) is 10.9. The largest absolute Gasteiger partial charge is 0.467 e. The van der Waals surface area contributed by atoms with E-state index in [9.17, 15) is 29.8 Å². The van der Waals surface area contributed by atoms with Crippen LogP contribution in [0, 0.1) is 0 Å². The minimum absolute atomic E-state index is 0.0157. The van der Waals surface area contributed by atoms with Gasteiger partial charge in [0, 0.05) is 31.5 Å². The number of hydrogen-bond donors (Lipinski definition) is 8. The van der Waals surface area contributed by atoms with Crippen LogP contribution in [0.3, 0.4) is 0 Å². The Kier molecular flexibility index (Phi) is 12.0. The molecule has 2 aromatic heterocycles. The Hall–Kier alpha value is -5.27. The molecule has 4 rings (SSSR count). The molecule has 0 spiro atoms. The molecule has 8 N–H and O–H groups in total. The molecule has 0 unspecified atom stereocenters. The number of ether oxygens (including phenoxy) is 1. The number of aromatic nitrogens is 6. The number of benzene rings is 2. The summed E-state index contributed by atoms with van der Waals surface area (Å²) < 4.78 is 102. The molecule has 0 saturated heterocycles. The van der Waals surface area contributed by atoms with Crippen molar-refractivity contribution in [2.45, 2.75) is 4.90 Å². The van der Waals surface area contributed by atoms with E-state index in [1.807, 2.05) is 0 Å². The van der Waals surface area contributed by atoms with Crippen LogP contribution < -0.4 is 31.3 Å². The first kappa shape index (κ1) is 37.5. The molecule has 50 heavy (non-hydrogen) atoms. The molecule has 24 heteroatoms. The van der Waals surface area contributed by atoms with Gasteiger partial charge < -0.3 is 31.3 Å². The van der Waals surface area contributed by atoms with E-state index in [0.717, 1.165) is 0 Å². The van der Waals surface area contributed by atoms with Gasteiger partial charge >= 0.3 is 6.01 Å². The van der Waals surface area contributed by atoms with E-state index in [-0.39, 0.29) is 65.0 Å². The van der Waals surface area contributed by atoms with Crippen molar-refractivity contribution in [2.75, 3.05) is 65.3 Å². The normalized spacial score (nSPS) is 12.0. The third kappa shape index (κ3) is 12.0. The molecule has 0 radical (unpaired) electrons. The fourth-order valence-corrected chi connectivity index (χ4v) is 5.31. The average Bonchev–Trinajstić information content (AvgIpc) is 3.03. The molecule has 0 fully saturated rings. The lowest BCUT2D eigenvalue weighted by atomic mass is 10.1. The van der Waals surface area contributed by atoms with Crippen LogP contribution in [0.2, 0.25) is 0 Å². The smallest absolute Gasteiger partial charge is 0.322 e. The maximum absolute atomic E-state index is 12.3. The van der Waals surface area contributed by atoms with E-state index in [2.05, 4.69) is 56.5 Å². The fraction of sp³-hybridized carbons (Fsp3) is 0.231. The van der Waals surface area contributed by atoms with Crippen LogP contribution in [0.1, 0.15) is 11.1 Å². The summed E-state index contributed by atoms with van der Waals surface area (Å²) in [4.78, 5) is 24.1. The highest BCUT2D eigenvalue weighted by atomic mass is 32.2. The van der Waals surface area contributed by atoms with Gasteiger partial charge in [0.15, 0.2) is 0 Å². The Morgan fingerprint density at radius 2 is 1.16 bits per heavy atom. The lowest BCUT2D eigenvalue weighted by Crippen LogP contribution is -2.19. The first-order chi connectivity index (χ1) is 23.5. The molecule has 0 atom stereocenters. The third-order valence-corrected chi connectivity index (χ3v) is 8.46.